The second kappa shape index (κ2) is 6.23. The normalized spacial score (nSPS) is 37.4. The van der Waals surface area contributed by atoms with E-state index in [2.05, 4.69) is 5.32 Å². The molecule has 2 saturated carbocycles. The van der Waals surface area contributed by atoms with Gasteiger partial charge in [0.1, 0.15) is 6.04 Å². The molecule has 1 aliphatic heterocycles. The number of rotatable bonds is 3. The molecule has 6 nitrogen and oxygen atoms in total. The molecule has 3 unspecified atom stereocenters. The molecule has 0 aromatic rings. The number of likely N-dealkylation sites (tertiary alicyclic amines) is 1. The maximum absolute atomic E-state index is 12.6. The highest BCUT2D eigenvalue weighted by atomic mass is 16.2. The molecule has 3 atom stereocenters. The van der Waals surface area contributed by atoms with Gasteiger partial charge in [-0.2, -0.15) is 0 Å². The Morgan fingerprint density at radius 2 is 1.83 bits per heavy atom. The highest BCUT2D eigenvalue weighted by Gasteiger charge is 2.44. The number of carbonyl (C=O) groups is 3. The smallest absolute Gasteiger partial charge is 0.252 e. The van der Waals surface area contributed by atoms with Gasteiger partial charge in [-0.3, -0.25) is 19.3 Å². The van der Waals surface area contributed by atoms with Crippen LogP contribution >= 0.6 is 0 Å². The van der Waals surface area contributed by atoms with Gasteiger partial charge in [-0.15, -0.1) is 0 Å². The number of carbonyl (C=O) groups excluding carboxylic acids is 3. The van der Waals surface area contributed by atoms with Crippen molar-refractivity contribution in [3.63, 3.8) is 0 Å². The third-order valence-corrected chi connectivity index (χ3v) is 5.80. The van der Waals surface area contributed by atoms with Crippen LogP contribution in [0.1, 0.15) is 52.4 Å². The molecule has 1 heterocycles. The number of hydrogen-bond donors (Lipinski definition) is 2. The molecule has 0 aromatic heterocycles. The Morgan fingerprint density at radius 1 is 1.22 bits per heavy atom. The Hall–Kier alpha value is -1.43. The van der Waals surface area contributed by atoms with Gasteiger partial charge in [0.05, 0.1) is 6.42 Å². The first kappa shape index (κ1) is 16.4. The molecule has 3 aliphatic rings. The van der Waals surface area contributed by atoms with Crippen molar-refractivity contribution in [2.24, 2.45) is 23.5 Å². The lowest BCUT2D eigenvalue weighted by Crippen LogP contribution is -2.51. The summed E-state index contributed by atoms with van der Waals surface area (Å²) < 4.78 is 0. The van der Waals surface area contributed by atoms with Crippen molar-refractivity contribution in [1.82, 2.24) is 10.2 Å². The van der Waals surface area contributed by atoms with Crippen molar-refractivity contribution in [3.8, 4) is 0 Å². The summed E-state index contributed by atoms with van der Waals surface area (Å²) in [7, 11) is 0. The van der Waals surface area contributed by atoms with Gasteiger partial charge in [-0.1, -0.05) is 6.42 Å². The zero-order valence-electron chi connectivity index (χ0n) is 14.0. The summed E-state index contributed by atoms with van der Waals surface area (Å²) in [6, 6.07) is -0.629. The SMILES string of the molecule is CC(C)N1C(=O)CC(NC(=O)C2CC3CCCC(C2)C3N)C1=O. The first-order valence-corrected chi connectivity index (χ1v) is 8.80. The van der Waals surface area contributed by atoms with Crippen LogP contribution in [0.5, 0.6) is 0 Å². The van der Waals surface area contributed by atoms with Crippen LogP contribution < -0.4 is 11.1 Å². The summed E-state index contributed by atoms with van der Waals surface area (Å²) in [5.41, 5.74) is 6.26. The first-order chi connectivity index (χ1) is 10.9. The Bertz CT molecular complexity index is 505. The van der Waals surface area contributed by atoms with Crippen LogP contribution in [0.15, 0.2) is 0 Å². The molecule has 0 radical (unpaired) electrons. The van der Waals surface area contributed by atoms with Gasteiger partial charge in [0.15, 0.2) is 0 Å². The molecule has 3 rings (SSSR count). The minimum absolute atomic E-state index is 0.0684. The molecule has 6 heteroatoms. The van der Waals surface area contributed by atoms with Gasteiger partial charge in [-0.05, 0) is 51.4 Å². The number of amides is 3. The van der Waals surface area contributed by atoms with E-state index in [1.165, 1.54) is 11.3 Å². The molecular formula is C17H27N3O3. The first-order valence-electron chi connectivity index (χ1n) is 8.80. The number of hydrogen-bond acceptors (Lipinski definition) is 4. The molecule has 1 saturated heterocycles. The third-order valence-electron chi connectivity index (χ3n) is 5.80. The second-order valence-electron chi connectivity index (χ2n) is 7.66. The quantitative estimate of drug-likeness (QED) is 0.752. The van der Waals surface area contributed by atoms with Crippen LogP contribution in [0.4, 0.5) is 0 Å². The average molecular weight is 321 g/mol. The minimum atomic E-state index is -0.687. The van der Waals surface area contributed by atoms with Crippen molar-refractivity contribution in [2.75, 3.05) is 0 Å². The summed E-state index contributed by atoms with van der Waals surface area (Å²) in [6.07, 6.45) is 5.11. The fraction of sp³-hybridized carbons (Fsp3) is 0.824. The molecule has 0 aromatic carbocycles. The van der Waals surface area contributed by atoms with E-state index in [1.54, 1.807) is 0 Å². The molecule has 0 spiro atoms. The van der Waals surface area contributed by atoms with Crippen LogP contribution in [0.25, 0.3) is 0 Å². The topological polar surface area (TPSA) is 92.5 Å². The lowest BCUT2D eigenvalue weighted by Gasteiger charge is -2.43. The lowest BCUT2D eigenvalue weighted by molar-refractivity contribution is -0.142. The highest BCUT2D eigenvalue weighted by molar-refractivity contribution is 6.07. The molecule has 2 bridgehead atoms. The van der Waals surface area contributed by atoms with Crippen LogP contribution in [-0.2, 0) is 14.4 Å². The molecule has 2 aliphatic carbocycles. The number of nitrogens with one attached hydrogen (secondary N) is 1. The van der Waals surface area contributed by atoms with Crippen LogP contribution in [-0.4, -0.2) is 40.7 Å². The maximum atomic E-state index is 12.6. The van der Waals surface area contributed by atoms with Crippen molar-refractivity contribution >= 4 is 17.7 Å². The van der Waals surface area contributed by atoms with Crippen LogP contribution in [0.2, 0.25) is 0 Å². The van der Waals surface area contributed by atoms with E-state index >= 15 is 0 Å². The van der Waals surface area contributed by atoms with E-state index in [1.807, 2.05) is 13.8 Å². The molecule has 3 N–H and O–H groups in total. The molecule has 23 heavy (non-hydrogen) atoms. The van der Waals surface area contributed by atoms with Gasteiger partial charge in [-0.25, -0.2) is 0 Å². The summed E-state index contributed by atoms with van der Waals surface area (Å²) >= 11 is 0. The molecule has 3 amide bonds. The van der Waals surface area contributed by atoms with Gasteiger partial charge in [0, 0.05) is 18.0 Å². The fourth-order valence-electron chi connectivity index (χ4n) is 4.60. The van der Waals surface area contributed by atoms with E-state index in [4.69, 9.17) is 5.73 Å². The van der Waals surface area contributed by atoms with Crippen molar-refractivity contribution in [1.29, 1.82) is 0 Å². The fourth-order valence-corrected chi connectivity index (χ4v) is 4.60. The standard InChI is InChI=1S/C17H27N3O3/c1-9(2)20-14(21)8-13(17(20)23)19-16(22)12-6-10-4-3-5-11(7-12)15(10)18/h9-13,15H,3-8,18H2,1-2H3,(H,19,22). The van der Waals surface area contributed by atoms with Crippen LogP contribution in [0, 0.1) is 17.8 Å². The highest BCUT2D eigenvalue weighted by Crippen LogP contribution is 2.42. The predicted octanol–water partition coefficient (Wildman–Crippen LogP) is 0.792. The van der Waals surface area contributed by atoms with Crippen molar-refractivity contribution in [2.45, 2.75) is 70.5 Å². The summed E-state index contributed by atoms with van der Waals surface area (Å²) in [4.78, 5) is 38.1. The summed E-state index contributed by atoms with van der Waals surface area (Å²) in [5.74, 6) is 0.230. The van der Waals surface area contributed by atoms with Crippen molar-refractivity contribution < 1.29 is 14.4 Å². The van der Waals surface area contributed by atoms with Gasteiger partial charge in [0.2, 0.25) is 11.8 Å². The number of nitrogens with zero attached hydrogens (tertiary/aromatic N) is 1. The van der Waals surface area contributed by atoms with Gasteiger partial charge >= 0.3 is 0 Å². The molecule has 128 valence electrons. The van der Waals surface area contributed by atoms with E-state index in [-0.39, 0.29) is 42.1 Å². The Labute approximate surface area is 137 Å². The summed E-state index contributed by atoms with van der Waals surface area (Å²) in [5, 5.41) is 2.83. The minimum Gasteiger partial charge on any atom is -0.344 e. The second-order valence-corrected chi connectivity index (χ2v) is 7.66. The largest absolute Gasteiger partial charge is 0.344 e. The molecular weight excluding hydrogens is 294 g/mol. The number of fused-ring (bicyclic) bond motifs is 2. The Kier molecular flexibility index (Phi) is 4.45. The van der Waals surface area contributed by atoms with E-state index in [9.17, 15) is 14.4 Å². The van der Waals surface area contributed by atoms with E-state index in [0.717, 1.165) is 25.7 Å². The average Bonchev–Trinajstić information content (AvgIpc) is 2.72. The Morgan fingerprint density at radius 3 is 2.35 bits per heavy atom. The molecule has 3 fully saturated rings. The van der Waals surface area contributed by atoms with E-state index < -0.39 is 6.04 Å². The number of nitrogens with two attached hydrogens (primary N) is 1. The maximum Gasteiger partial charge on any atom is 0.252 e. The van der Waals surface area contributed by atoms with E-state index in [0.29, 0.717) is 11.8 Å². The zero-order chi connectivity index (χ0) is 16.7. The summed E-state index contributed by atoms with van der Waals surface area (Å²) in [6.45, 7) is 3.62. The lowest BCUT2D eigenvalue weighted by atomic mass is 9.65. The van der Waals surface area contributed by atoms with Crippen molar-refractivity contribution in [3.05, 3.63) is 0 Å². The zero-order valence-corrected chi connectivity index (χ0v) is 14.0. The Balaban J connectivity index is 1.62. The predicted molar refractivity (Wildman–Crippen MR) is 85.1 cm³/mol. The van der Waals surface area contributed by atoms with Crippen LogP contribution in [0.3, 0.4) is 0 Å². The van der Waals surface area contributed by atoms with Gasteiger partial charge < -0.3 is 11.1 Å². The monoisotopic (exact) mass is 321 g/mol. The number of imide groups is 1. The third kappa shape index (κ3) is 3.01. The van der Waals surface area contributed by atoms with Gasteiger partial charge in [0.25, 0.3) is 5.91 Å².